The van der Waals surface area contributed by atoms with E-state index in [1.54, 1.807) is 6.07 Å². The fraction of sp³-hybridized carbons (Fsp3) is 0.278. The maximum Gasteiger partial charge on any atom is 0.244 e. The van der Waals surface area contributed by atoms with Crippen LogP contribution in [-0.2, 0) is 10.0 Å². The average Bonchev–Trinajstić information content (AvgIpc) is 3.02. The van der Waals surface area contributed by atoms with E-state index in [0.29, 0.717) is 0 Å². The minimum atomic E-state index is -4.17. The third-order valence-electron chi connectivity index (χ3n) is 4.57. The lowest BCUT2D eigenvalue weighted by Crippen LogP contribution is -2.48. The molecule has 2 atom stereocenters. The van der Waals surface area contributed by atoms with E-state index in [1.165, 1.54) is 30.3 Å². The minimum absolute atomic E-state index is 0.0292. The molecule has 0 aliphatic carbocycles. The maximum absolute atomic E-state index is 13.8. The van der Waals surface area contributed by atoms with Crippen LogP contribution in [0.1, 0.15) is 5.56 Å². The molecule has 2 aromatic carbocycles. The first-order chi connectivity index (χ1) is 13.6. The molecular weight excluding hydrogens is 446 g/mol. The lowest BCUT2D eigenvalue weighted by atomic mass is 10.0. The fourth-order valence-electron chi connectivity index (χ4n) is 2.95. The summed E-state index contributed by atoms with van der Waals surface area (Å²) in [5.74, 6) is -0.857. The second-order valence-electron chi connectivity index (χ2n) is 6.47. The molecule has 0 amide bonds. The van der Waals surface area contributed by atoms with Crippen LogP contribution in [0.15, 0.2) is 41.3 Å². The Balaban J connectivity index is 1.91. The highest BCUT2D eigenvalue weighted by Crippen LogP contribution is 2.35. The number of ether oxygens (including phenoxy) is 1. The molecule has 1 fully saturated rings. The SMILES string of the molecule is N#Cc1ccc(O[C@H]2CN(S(=O)(=O)c3cccc(Cl)c3Cl)C[C@@]2(O)CO)cc1F. The Hall–Kier alpha value is -1.93. The number of sulfonamides is 1. The van der Waals surface area contributed by atoms with Crippen molar-refractivity contribution < 1.29 is 27.8 Å². The Kier molecular flexibility index (Phi) is 6.06. The van der Waals surface area contributed by atoms with Crippen LogP contribution >= 0.6 is 23.2 Å². The van der Waals surface area contributed by atoms with Crippen molar-refractivity contribution in [3.63, 3.8) is 0 Å². The summed E-state index contributed by atoms with van der Waals surface area (Å²) in [7, 11) is -4.17. The molecule has 0 radical (unpaired) electrons. The van der Waals surface area contributed by atoms with Crippen molar-refractivity contribution in [2.75, 3.05) is 19.7 Å². The number of rotatable bonds is 5. The Morgan fingerprint density at radius 1 is 1.34 bits per heavy atom. The first-order valence-corrected chi connectivity index (χ1v) is 10.5. The van der Waals surface area contributed by atoms with Crippen LogP contribution in [0.5, 0.6) is 5.75 Å². The zero-order valence-corrected chi connectivity index (χ0v) is 17.0. The van der Waals surface area contributed by atoms with Crippen LogP contribution in [0, 0.1) is 17.1 Å². The number of nitriles is 1. The molecule has 0 unspecified atom stereocenters. The first-order valence-electron chi connectivity index (χ1n) is 8.26. The van der Waals surface area contributed by atoms with Gasteiger partial charge in [-0.05, 0) is 24.3 Å². The normalized spacial score (nSPS) is 22.4. The summed E-state index contributed by atoms with van der Waals surface area (Å²) in [6.45, 7) is -1.60. The van der Waals surface area contributed by atoms with E-state index in [2.05, 4.69) is 0 Å². The van der Waals surface area contributed by atoms with Gasteiger partial charge in [-0.3, -0.25) is 0 Å². The molecule has 1 aliphatic heterocycles. The summed E-state index contributed by atoms with van der Waals surface area (Å²) >= 11 is 11.9. The zero-order valence-electron chi connectivity index (χ0n) is 14.7. The van der Waals surface area contributed by atoms with Crippen LogP contribution in [-0.4, -0.2) is 54.3 Å². The molecule has 0 saturated carbocycles. The van der Waals surface area contributed by atoms with Crippen molar-refractivity contribution in [3.8, 4) is 11.8 Å². The van der Waals surface area contributed by atoms with Crippen LogP contribution in [0.3, 0.4) is 0 Å². The molecule has 0 aromatic heterocycles. The average molecular weight is 461 g/mol. The van der Waals surface area contributed by atoms with E-state index in [9.17, 15) is 23.0 Å². The zero-order chi connectivity index (χ0) is 21.4. The lowest BCUT2D eigenvalue weighted by molar-refractivity contribution is -0.0641. The highest BCUT2D eigenvalue weighted by atomic mass is 35.5. The second-order valence-corrected chi connectivity index (χ2v) is 9.16. The lowest BCUT2D eigenvalue weighted by Gasteiger charge is -2.27. The molecule has 29 heavy (non-hydrogen) atoms. The standard InChI is InChI=1S/C18H15Cl2FN2O5S/c19-13-2-1-3-15(17(13)20)29(26,27)23-8-16(18(25,9-23)10-24)28-12-5-4-11(7-22)14(21)6-12/h1-6,16,24-25H,8-10H2/t16-,18+/m0/s1. The number of hydrogen-bond acceptors (Lipinski definition) is 6. The summed E-state index contributed by atoms with van der Waals surface area (Å²) in [4.78, 5) is -0.253. The molecular formula is C18H15Cl2FN2O5S. The Morgan fingerprint density at radius 2 is 2.07 bits per heavy atom. The third kappa shape index (κ3) is 4.05. The highest BCUT2D eigenvalue weighted by molar-refractivity contribution is 7.89. The van der Waals surface area contributed by atoms with Crippen LogP contribution in [0.25, 0.3) is 0 Å². The maximum atomic E-state index is 13.8. The van der Waals surface area contributed by atoms with Crippen molar-refractivity contribution >= 4 is 33.2 Å². The summed E-state index contributed by atoms with van der Waals surface area (Å²) < 4.78 is 46.3. The second kappa shape index (κ2) is 8.07. The third-order valence-corrected chi connectivity index (χ3v) is 7.35. The minimum Gasteiger partial charge on any atom is -0.486 e. The molecule has 0 spiro atoms. The summed E-state index contributed by atoms with van der Waals surface area (Å²) in [6.07, 6.45) is -1.20. The predicted molar refractivity (Wildman–Crippen MR) is 103 cm³/mol. The molecule has 0 bridgehead atoms. The van der Waals surface area contributed by atoms with Gasteiger partial charge in [0.05, 0.1) is 28.8 Å². The van der Waals surface area contributed by atoms with Crippen LogP contribution in [0.4, 0.5) is 4.39 Å². The molecule has 1 saturated heterocycles. The topological polar surface area (TPSA) is 111 Å². The van der Waals surface area contributed by atoms with Gasteiger partial charge in [-0.15, -0.1) is 0 Å². The molecule has 2 N–H and O–H groups in total. The van der Waals surface area contributed by atoms with Gasteiger partial charge in [-0.2, -0.15) is 9.57 Å². The molecule has 3 rings (SSSR count). The number of hydrogen-bond donors (Lipinski definition) is 2. The van der Waals surface area contributed by atoms with Gasteiger partial charge in [-0.25, -0.2) is 12.8 Å². The molecule has 1 aliphatic rings. The van der Waals surface area contributed by atoms with Crippen molar-refractivity contribution in [2.24, 2.45) is 0 Å². The van der Waals surface area contributed by atoms with E-state index in [-0.39, 0.29) is 32.8 Å². The van der Waals surface area contributed by atoms with Gasteiger partial charge in [0.1, 0.15) is 34.2 Å². The van der Waals surface area contributed by atoms with Gasteiger partial charge < -0.3 is 14.9 Å². The number of aliphatic hydroxyl groups excluding tert-OH is 1. The smallest absolute Gasteiger partial charge is 0.244 e. The van der Waals surface area contributed by atoms with Crippen LogP contribution < -0.4 is 4.74 Å². The van der Waals surface area contributed by atoms with Gasteiger partial charge in [0.25, 0.3) is 0 Å². The van der Waals surface area contributed by atoms with Crippen molar-refractivity contribution in [1.82, 2.24) is 4.31 Å². The quantitative estimate of drug-likeness (QED) is 0.707. The number of halogens is 3. The number of nitrogens with zero attached hydrogens (tertiary/aromatic N) is 2. The fourth-order valence-corrected chi connectivity index (χ4v) is 5.19. The van der Waals surface area contributed by atoms with Gasteiger partial charge in [-0.1, -0.05) is 29.3 Å². The summed E-state index contributed by atoms with van der Waals surface area (Å²) in [5, 5.41) is 29.0. The number of aliphatic hydroxyl groups is 2. The first kappa shape index (κ1) is 21.8. The van der Waals surface area contributed by atoms with E-state index < -0.39 is 40.7 Å². The van der Waals surface area contributed by atoms with Gasteiger partial charge in [0, 0.05) is 12.6 Å². The summed E-state index contributed by atoms with van der Waals surface area (Å²) in [6, 6.07) is 9.24. The molecule has 2 aromatic rings. The number of benzene rings is 2. The number of β-amino-alcohol motifs (C(OH)–C–C–N with tert-alkyl or cyclic N) is 1. The Labute approximate surface area is 176 Å². The van der Waals surface area contributed by atoms with E-state index in [0.717, 1.165) is 10.4 Å². The van der Waals surface area contributed by atoms with Gasteiger partial charge in [0.2, 0.25) is 10.0 Å². The summed E-state index contributed by atoms with van der Waals surface area (Å²) in [5.41, 5.74) is -2.14. The van der Waals surface area contributed by atoms with Crippen molar-refractivity contribution in [3.05, 3.63) is 57.8 Å². The molecule has 7 nitrogen and oxygen atoms in total. The largest absolute Gasteiger partial charge is 0.486 e. The van der Waals surface area contributed by atoms with Crippen molar-refractivity contribution in [2.45, 2.75) is 16.6 Å². The van der Waals surface area contributed by atoms with Crippen molar-refractivity contribution in [1.29, 1.82) is 5.26 Å². The monoisotopic (exact) mass is 460 g/mol. The van der Waals surface area contributed by atoms with Crippen LogP contribution in [0.2, 0.25) is 10.0 Å². The van der Waals surface area contributed by atoms with Gasteiger partial charge in [0.15, 0.2) is 0 Å². The highest BCUT2D eigenvalue weighted by Gasteiger charge is 2.51. The van der Waals surface area contributed by atoms with Gasteiger partial charge >= 0.3 is 0 Å². The predicted octanol–water partition coefficient (Wildman–Crippen LogP) is 2.18. The molecule has 1 heterocycles. The van der Waals surface area contributed by atoms with E-state index >= 15 is 0 Å². The molecule has 154 valence electrons. The molecule has 11 heteroatoms. The Morgan fingerprint density at radius 3 is 2.69 bits per heavy atom. The van der Waals surface area contributed by atoms with E-state index in [4.69, 9.17) is 33.2 Å². The Bertz CT molecular complexity index is 1090. The van der Waals surface area contributed by atoms with E-state index in [1.807, 2.05) is 0 Å².